The minimum absolute atomic E-state index is 0.220. The Morgan fingerprint density at radius 3 is 1.20 bits per heavy atom. The number of allylic oxidation sites excluding steroid dienone is 7. The molecule has 0 N–H and O–H groups in total. The largest absolute Gasteiger partial charge is 0.205 e. The Morgan fingerprint density at radius 2 is 0.840 bits per heavy atom. The molecule has 0 bridgehead atoms. The lowest BCUT2D eigenvalue weighted by molar-refractivity contribution is 0.446. The lowest BCUT2D eigenvalue weighted by atomic mass is 9.92. The molecule has 0 saturated heterocycles. The van der Waals surface area contributed by atoms with Crippen LogP contribution in [0.2, 0.25) is 0 Å². The summed E-state index contributed by atoms with van der Waals surface area (Å²) in [7, 11) is 0. The van der Waals surface area contributed by atoms with Crippen LogP contribution < -0.4 is 0 Å². The highest BCUT2D eigenvalue weighted by molar-refractivity contribution is 6.10. The van der Waals surface area contributed by atoms with Crippen molar-refractivity contribution < 1.29 is 48.3 Å². The molecule has 248 valence electrons. The molecule has 0 aliphatic heterocycles. The standard InChI is InChI=1S/C34H10F11N5/c1-3-4-5-12-20(32(43)25(36)15(8-48)24(12)35)13(6-46)21-18(11(2)19-30(41)26(37)16(9-49)27(38)31(19)42)22(21)14(7-47)23-33(44)28(39)17(10-50)29(40)34(23)45/h3H,1,4-5H2,2H3/b18-11?,21-13+,22-14-. The summed E-state index contributed by atoms with van der Waals surface area (Å²) >= 11 is 0. The summed E-state index contributed by atoms with van der Waals surface area (Å²) in [4.78, 5) is 0. The van der Waals surface area contributed by atoms with Gasteiger partial charge in [0, 0.05) is 22.3 Å². The van der Waals surface area contributed by atoms with E-state index in [1.54, 1.807) is 0 Å². The van der Waals surface area contributed by atoms with Crippen LogP contribution in [0.3, 0.4) is 0 Å². The van der Waals surface area contributed by atoms with E-state index in [1.165, 1.54) is 6.07 Å². The summed E-state index contributed by atoms with van der Waals surface area (Å²) in [5.41, 5.74) is -17.5. The third kappa shape index (κ3) is 5.23. The van der Waals surface area contributed by atoms with Gasteiger partial charge in [0.2, 0.25) is 0 Å². The van der Waals surface area contributed by atoms with Gasteiger partial charge in [-0.05, 0) is 30.9 Å². The molecule has 1 aliphatic rings. The summed E-state index contributed by atoms with van der Waals surface area (Å²) in [6, 6.07) is 5.31. The van der Waals surface area contributed by atoms with Gasteiger partial charge in [0.1, 0.15) is 52.9 Å². The van der Waals surface area contributed by atoms with E-state index in [1.807, 2.05) is 0 Å². The summed E-state index contributed by atoms with van der Waals surface area (Å²) < 4.78 is 165. The quantitative estimate of drug-likeness (QED) is 0.111. The van der Waals surface area contributed by atoms with Crippen LogP contribution in [0.4, 0.5) is 48.3 Å². The van der Waals surface area contributed by atoms with Crippen LogP contribution in [-0.4, -0.2) is 0 Å². The van der Waals surface area contributed by atoms with Gasteiger partial charge in [-0.2, -0.15) is 26.3 Å². The Morgan fingerprint density at radius 1 is 0.500 bits per heavy atom. The van der Waals surface area contributed by atoms with Crippen molar-refractivity contribution in [2.24, 2.45) is 0 Å². The van der Waals surface area contributed by atoms with Crippen molar-refractivity contribution in [3.63, 3.8) is 0 Å². The van der Waals surface area contributed by atoms with Crippen molar-refractivity contribution in [1.29, 1.82) is 26.3 Å². The number of nitrogens with zero attached hydrogens (tertiary/aromatic N) is 5. The number of benzene rings is 3. The van der Waals surface area contributed by atoms with E-state index in [0.717, 1.165) is 30.4 Å². The van der Waals surface area contributed by atoms with Gasteiger partial charge in [-0.15, -0.1) is 6.58 Å². The van der Waals surface area contributed by atoms with Crippen LogP contribution >= 0.6 is 0 Å². The smallest absolute Gasteiger partial charge is 0.180 e. The molecule has 3 aromatic carbocycles. The summed E-state index contributed by atoms with van der Waals surface area (Å²) in [6.07, 6.45) is 0.324. The zero-order valence-electron chi connectivity index (χ0n) is 24.6. The fraction of sp³-hybridized carbons (Fsp3) is 0.0882. The van der Waals surface area contributed by atoms with Crippen LogP contribution in [0.1, 0.15) is 52.3 Å². The first-order chi connectivity index (χ1) is 23.6. The van der Waals surface area contributed by atoms with Crippen molar-refractivity contribution in [2.45, 2.75) is 19.8 Å². The number of nitriles is 5. The van der Waals surface area contributed by atoms with Gasteiger partial charge < -0.3 is 0 Å². The molecule has 1 saturated carbocycles. The molecule has 0 aromatic heterocycles. The number of hydrogen-bond acceptors (Lipinski definition) is 5. The Bertz CT molecular complexity index is 2360. The average molecular weight is 697 g/mol. The Labute approximate surface area is 273 Å². The minimum Gasteiger partial charge on any atom is -0.205 e. The molecule has 0 spiro atoms. The van der Waals surface area contributed by atoms with Crippen LogP contribution in [-0.2, 0) is 6.42 Å². The predicted molar refractivity (Wildman–Crippen MR) is 149 cm³/mol. The van der Waals surface area contributed by atoms with Gasteiger partial charge in [0.15, 0.2) is 58.2 Å². The molecule has 0 amide bonds. The first-order valence-corrected chi connectivity index (χ1v) is 13.4. The highest BCUT2D eigenvalue weighted by atomic mass is 19.2. The van der Waals surface area contributed by atoms with Gasteiger partial charge >= 0.3 is 0 Å². The summed E-state index contributed by atoms with van der Waals surface area (Å²) in [5.74, 6) is -24.4. The Balaban J connectivity index is 2.35. The maximum Gasteiger partial charge on any atom is 0.180 e. The summed E-state index contributed by atoms with van der Waals surface area (Å²) in [5, 5.41) is 47.2. The van der Waals surface area contributed by atoms with E-state index in [9.17, 15) is 37.7 Å². The molecule has 5 nitrogen and oxygen atoms in total. The summed E-state index contributed by atoms with van der Waals surface area (Å²) in [6.45, 7) is 4.03. The van der Waals surface area contributed by atoms with Crippen LogP contribution in [0.15, 0.2) is 29.4 Å². The first kappa shape index (κ1) is 36.1. The average Bonchev–Trinajstić information content (AvgIpc) is 3.82. The SMILES string of the molecule is C=CCCc1c(F)c(C#N)c(F)c(F)c1/C(C#N)=C1\C(=C(C)c2c(F)c(F)c(C#N)c(F)c2F)\C1=C(/C#N)c1c(F)c(F)c(C#N)c(F)c1F. The topological polar surface area (TPSA) is 119 Å². The molecule has 0 unspecified atom stereocenters. The van der Waals surface area contributed by atoms with Gasteiger partial charge in [-0.1, -0.05) is 6.08 Å². The first-order valence-electron chi connectivity index (χ1n) is 13.4. The Kier molecular flexibility index (Phi) is 9.71. The monoisotopic (exact) mass is 697 g/mol. The molecule has 3 aromatic rings. The maximum absolute atomic E-state index is 15.7. The molecule has 4 rings (SSSR count). The molecule has 1 aliphatic carbocycles. The normalized spacial score (nSPS) is 14.9. The van der Waals surface area contributed by atoms with Crippen molar-refractivity contribution >= 4 is 16.7 Å². The molecule has 0 radical (unpaired) electrons. The van der Waals surface area contributed by atoms with Gasteiger partial charge in [0.05, 0.1) is 22.3 Å². The molecule has 0 atom stereocenters. The second-order valence-electron chi connectivity index (χ2n) is 10.1. The van der Waals surface area contributed by atoms with E-state index in [-0.39, 0.29) is 6.42 Å². The molecular formula is C34H10F11N5. The number of halogens is 11. The maximum atomic E-state index is 15.7. The third-order valence-electron chi connectivity index (χ3n) is 7.54. The van der Waals surface area contributed by atoms with Crippen molar-refractivity contribution in [2.75, 3.05) is 0 Å². The minimum atomic E-state index is -2.38. The van der Waals surface area contributed by atoms with Crippen LogP contribution in [0.25, 0.3) is 16.7 Å². The zero-order valence-corrected chi connectivity index (χ0v) is 24.6. The van der Waals surface area contributed by atoms with Crippen molar-refractivity contribution in [3.8, 4) is 30.3 Å². The van der Waals surface area contributed by atoms with Gasteiger partial charge in [-0.25, -0.2) is 48.3 Å². The molecule has 50 heavy (non-hydrogen) atoms. The predicted octanol–water partition coefficient (Wildman–Crippen LogP) is 8.69. The van der Waals surface area contributed by atoms with E-state index in [4.69, 9.17) is 10.5 Å². The van der Waals surface area contributed by atoms with E-state index >= 15 is 26.3 Å². The fourth-order valence-corrected chi connectivity index (χ4v) is 5.22. The third-order valence-corrected chi connectivity index (χ3v) is 7.54. The highest BCUT2D eigenvalue weighted by Gasteiger charge is 2.45. The highest BCUT2D eigenvalue weighted by Crippen LogP contribution is 2.57. The molecular weight excluding hydrogens is 687 g/mol. The number of rotatable bonds is 6. The van der Waals surface area contributed by atoms with Gasteiger partial charge in [0.25, 0.3) is 0 Å². The second-order valence-corrected chi connectivity index (χ2v) is 10.1. The van der Waals surface area contributed by atoms with Crippen molar-refractivity contribution in [3.05, 3.63) is 132 Å². The van der Waals surface area contributed by atoms with E-state index in [2.05, 4.69) is 6.58 Å². The number of hydrogen-bond donors (Lipinski definition) is 0. The van der Waals surface area contributed by atoms with E-state index < -0.39 is 143 Å². The van der Waals surface area contributed by atoms with Gasteiger partial charge in [-0.3, -0.25) is 0 Å². The van der Waals surface area contributed by atoms with E-state index in [0.29, 0.717) is 6.92 Å². The second kappa shape index (κ2) is 13.4. The van der Waals surface area contributed by atoms with Crippen LogP contribution in [0.5, 0.6) is 0 Å². The lowest BCUT2D eigenvalue weighted by Crippen LogP contribution is -2.08. The molecule has 1 fully saturated rings. The molecule has 0 heterocycles. The lowest BCUT2D eigenvalue weighted by Gasteiger charge is -2.13. The van der Waals surface area contributed by atoms with Crippen molar-refractivity contribution in [1.82, 2.24) is 0 Å². The molecule has 16 heteroatoms. The van der Waals surface area contributed by atoms with Crippen LogP contribution in [0, 0.1) is 121 Å². The zero-order chi connectivity index (χ0) is 37.5. The Hall–Kier alpha value is -6.70. The fourth-order valence-electron chi connectivity index (χ4n) is 5.22.